The molecule has 1 saturated heterocycles. The topological polar surface area (TPSA) is 52.6 Å². The number of nitrogens with zero attached hydrogens (tertiary/aromatic N) is 1. The fourth-order valence-corrected chi connectivity index (χ4v) is 3.48. The minimum atomic E-state index is -0.0600. The van der Waals surface area contributed by atoms with E-state index in [2.05, 4.69) is 34.5 Å². The van der Waals surface area contributed by atoms with Crippen LogP contribution in [0.4, 0.5) is 0 Å². The van der Waals surface area contributed by atoms with Crippen LogP contribution in [0, 0.1) is 5.92 Å². The summed E-state index contributed by atoms with van der Waals surface area (Å²) in [6.07, 6.45) is 2.14. The molecular weight excluding hydrogens is 312 g/mol. The molecule has 2 atom stereocenters. The van der Waals surface area contributed by atoms with Crippen LogP contribution in [-0.4, -0.2) is 48.2 Å². The molecular formula is C21H26N2O2. The van der Waals surface area contributed by atoms with E-state index in [9.17, 15) is 9.90 Å². The second-order valence-electron chi connectivity index (χ2n) is 6.74. The first-order valence-corrected chi connectivity index (χ1v) is 8.99. The van der Waals surface area contributed by atoms with Gasteiger partial charge in [-0.25, -0.2) is 0 Å². The van der Waals surface area contributed by atoms with Gasteiger partial charge in [0.1, 0.15) is 0 Å². The Bertz CT molecular complexity index is 660. The Kier molecular flexibility index (Phi) is 6.20. The fraction of sp³-hybridized carbons (Fsp3) is 0.381. The van der Waals surface area contributed by atoms with Crippen molar-refractivity contribution in [1.82, 2.24) is 10.2 Å². The minimum Gasteiger partial charge on any atom is -0.396 e. The first kappa shape index (κ1) is 17.6. The Balaban J connectivity index is 1.49. The maximum absolute atomic E-state index is 12.4. The van der Waals surface area contributed by atoms with Crippen LogP contribution >= 0.6 is 0 Å². The first-order valence-electron chi connectivity index (χ1n) is 8.99. The van der Waals surface area contributed by atoms with Gasteiger partial charge in [-0.2, -0.15) is 0 Å². The Labute approximate surface area is 149 Å². The van der Waals surface area contributed by atoms with Gasteiger partial charge in [-0.3, -0.25) is 4.79 Å². The second-order valence-corrected chi connectivity index (χ2v) is 6.74. The van der Waals surface area contributed by atoms with Gasteiger partial charge < -0.3 is 15.3 Å². The van der Waals surface area contributed by atoms with Crippen LogP contribution in [0.2, 0.25) is 0 Å². The van der Waals surface area contributed by atoms with Crippen LogP contribution in [0.15, 0.2) is 60.7 Å². The number of carbonyl (C=O) groups excluding carboxylic acids is 1. The van der Waals surface area contributed by atoms with Crippen molar-refractivity contribution in [1.29, 1.82) is 0 Å². The number of nitrogens with one attached hydrogen (secondary N) is 1. The number of aryl methyl sites for hydroxylation is 1. The Morgan fingerprint density at radius 1 is 1.04 bits per heavy atom. The number of likely N-dealkylation sites (tertiary alicyclic amines) is 1. The molecule has 1 aliphatic heterocycles. The van der Waals surface area contributed by atoms with Gasteiger partial charge in [0, 0.05) is 37.2 Å². The first-order chi connectivity index (χ1) is 12.3. The summed E-state index contributed by atoms with van der Waals surface area (Å²) in [5.41, 5.74) is 2.02. The molecule has 0 saturated carbocycles. The molecule has 4 heteroatoms. The molecule has 132 valence electrons. The maximum atomic E-state index is 12.4. The zero-order valence-corrected chi connectivity index (χ0v) is 14.5. The SMILES string of the molecule is O=C(N[C@@H]1CN(CCCc2ccccc2)C[C@H]1CO)c1ccccc1. The number of benzene rings is 2. The predicted molar refractivity (Wildman–Crippen MR) is 99.5 cm³/mol. The van der Waals surface area contributed by atoms with Crippen LogP contribution < -0.4 is 5.32 Å². The third-order valence-electron chi connectivity index (χ3n) is 4.89. The van der Waals surface area contributed by atoms with Gasteiger partial charge in [-0.15, -0.1) is 0 Å². The van der Waals surface area contributed by atoms with Crippen molar-refractivity contribution in [3.8, 4) is 0 Å². The predicted octanol–water partition coefficient (Wildman–Crippen LogP) is 2.34. The lowest BCUT2D eigenvalue weighted by Crippen LogP contribution is -2.41. The molecule has 4 nitrogen and oxygen atoms in total. The second kappa shape index (κ2) is 8.79. The maximum Gasteiger partial charge on any atom is 0.251 e. The molecule has 1 fully saturated rings. The van der Waals surface area contributed by atoms with E-state index in [-0.39, 0.29) is 24.5 Å². The zero-order valence-electron chi connectivity index (χ0n) is 14.5. The molecule has 0 aliphatic carbocycles. The van der Waals surface area contributed by atoms with Crippen molar-refractivity contribution < 1.29 is 9.90 Å². The fourth-order valence-electron chi connectivity index (χ4n) is 3.48. The van der Waals surface area contributed by atoms with E-state index in [0.717, 1.165) is 32.5 Å². The smallest absolute Gasteiger partial charge is 0.251 e. The van der Waals surface area contributed by atoms with Gasteiger partial charge in [-0.1, -0.05) is 48.5 Å². The van der Waals surface area contributed by atoms with E-state index in [1.165, 1.54) is 5.56 Å². The average Bonchev–Trinajstić information content (AvgIpc) is 3.05. The Hall–Kier alpha value is -2.17. The van der Waals surface area contributed by atoms with Crippen molar-refractivity contribution in [3.63, 3.8) is 0 Å². The van der Waals surface area contributed by atoms with Gasteiger partial charge in [0.25, 0.3) is 5.91 Å². The summed E-state index contributed by atoms with van der Waals surface area (Å²) < 4.78 is 0. The zero-order chi connectivity index (χ0) is 17.5. The van der Waals surface area contributed by atoms with Gasteiger partial charge >= 0.3 is 0 Å². The van der Waals surface area contributed by atoms with E-state index in [1.807, 2.05) is 36.4 Å². The summed E-state index contributed by atoms with van der Waals surface area (Å²) in [6.45, 7) is 2.74. The highest BCUT2D eigenvalue weighted by Crippen LogP contribution is 2.18. The normalized spacial score (nSPS) is 20.5. The monoisotopic (exact) mass is 338 g/mol. The third kappa shape index (κ3) is 4.91. The molecule has 0 spiro atoms. The van der Waals surface area contributed by atoms with E-state index in [1.54, 1.807) is 0 Å². The molecule has 2 aromatic carbocycles. The number of hydrogen-bond acceptors (Lipinski definition) is 3. The van der Waals surface area contributed by atoms with Crippen LogP contribution in [0.25, 0.3) is 0 Å². The number of hydrogen-bond donors (Lipinski definition) is 2. The van der Waals surface area contributed by atoms with Crippen molar-refractivity contribution in [2.24, 2.45) is 5.92 Å². The molecule has 1 aliphatic rings. The minimum absolute atomic E-state index is 0.00873. The number of aliphatic hydroxyl groups excluding tert-OH is 1. The van der Waals surface area contributed by atoms with Crippen molar-refractivity contribution in [2.75, 3.05) is 26.2 Å². The average molecular weight is 338 g/mol. The summed E-state index contributed by atoms with van der Waals surface area (Å²) in [6, 6.07) is 19.8. The van der Waals surface area contributed by atoms with Crippen LogP contribution in [-0.2, 0) is 6.42 Å². The lowest BCUT2D eigenvalue weighted by atomic mass is 10.0. The molecule has 25 heavy (non-hydrogen) atoms. The van der Waals surface area contributed by atoms with E-state index < -0.39 is 0 Å². The highest BCUT2D eigenvalue weighted by atomic mass is 16.3. The van der Waals surface area contributed by atoms with E-state index >= 15 is 0 Å². The lowest BCUT2D eigenvalue weighted by Gasteiger charge is -2.18. The Morgan fingerprint density at radius 3 is 2.40 bits per heavy atom. The molecule has 0 aromatic heterocycles. The highest BCUT2D eigenvalue weighted by Gasteiger charge is 2.33. The number of amides is 1. The lowest BCUT2D eigenvalue weighted by molar-refractivity contribution is 0.0921. The molecule has 3 rings (SSSR count). The Morgan fingerprint density at radius 2 is 1.72 bits per heavy atom. The summed E-state index contributed by atoms with van der Waals surface area (Å²) >= 11 is 0. The van der Waals surface area contributed by atoms with Crippen molar-refractivity contribution in [2.45, 2.75) is 18.9 Å². The molecule has 0 unspecified atom stereocenters. The summed E-state index contributed by atoms with van der Waals surface area (Å²) in [5, 5.41) is 12.8. The summed E-state index contributed by atoms with van der Waals surface area (Å²) in [5.74, 6) is 0.0413. The van der Waals surface area contributed by atoms with Gasteiger partial charge in [0.2, 0.25) is 0 Å². The molecule has 1 amide bonds. The van der Waals surface area contributed by atoms with Crippen LogP contribution in [0.5, 0.6) is 0 Å². The molecule has 2 aromatic rings. The van der Waals surface area contributed by atoms with Crippen LogP contribution in [0.3, 0.4) is 0 Å². The third-order valence-corrected chi connectivity index (χ3v) is 4.89. The molecule has 0 radical (unpaired) electrons. The quantitative estimate of drug-likeness (QED) is 0.815. The highest BCUT2D eigenvalue weighted by molar-refractivity contribution is 5.94. The molecule has 1 heterocycles. The van der Waals surface area contributed by atoms with Gasteiger partial charge in [0.05, 0.1) is 0 Å². The van der Waals surface area contributed by atoms with Gasteiger partial charge in [0.15, 0.2) is 0 Å². The van der Waals surface area contributed by atoms with Gasteiger partial charge in [-0.05, 0) is 37.1 Å². The number of rotatable bonds is 7. The molecule has 2 N–H and O–H groups in total. The summed E-state index contributed by atoms with van der Waals surface area (Å²) in [7, 11) is 0. The number of carbonyl (C=O) groups is 1. The van der Waals surface area contributed by atoms with E-state index in [4.69, 9.17) is 0 Å². The molecule has 0 bridgehead atoms. The number of aliphatic hydroxyl groups is 1. The van der Waals surface area contributed by atoms with Crippen molar-refractivity contribution >= 4 is 5.91 Å². The largest absolute Gasteiger partial charge is 0.396 e. The van der Waals surface area contributed by atoms with Crippen molar-refractivity contribution in [3.05, 3.63) is 71.8 Å². The summed E-state index contributed by atoms with van der Waals surface area (Å²) in [4.78, 5) is 14.7. The van der Waals surface area contributed by atoms with E-state index in [0.29, 0.717) is 5.56 Å². The standard InChI is InChI=1S/C21H26N2O2/c24-16-19-14-23(13-7-10-17-8-3-1-4-9-17)15-20(19)22-21(25)18-11-5-2-6-12-18/h1-6,8-9,11-12,19-20,24H,7,10,13-16H2,(H,22,25)/t19-,20+/m0/s1. The van der Waals surface area contributed by atoms with Crippen LogP contribution in [0.1, 0.15) is 22.3 Å².